The number of rotatable bonds is 5. The van der Waals surface area contributed by atoms with Crippen LogP contribution >= 0.6 is 0 Å². The molecule has 1 aromatic rings. The lowest BCUT2D eigenvalue weighted by Gasteiger charge is -2.35. The third-order valence-electron chi connectivity index (χ3n) is 5.81. The molecule has 0 bridgehead atoms. The Morgan fingerprint density at radius 1 is 1.08 bits per heavy atom. The van der Waals surface area contributed by atoms with Gasteiger partial charge in [0.2, 0.25) is 11.8 Å². The monoisotopic (exact) mass is 341 g/mol. The van der Waals surface area contributed by atoms with E-state index < -0.39 is 5.54 Å². The molecule has 0 spiro atoms. The first-order valence-electron chi connectivity index (χ1n) is 9.49. The van der Waals surface area contributed by atoms with E-state index in [0.29, 0.717) is 25.7 Å². The lowest BCUT2D eigenvalue weighted by atomic mass is 9.94. The summed E-state index contributed by atoms with van der Waals surface area (Å²) in [5.41, 5.74) is 6.63. The highest BCUT2D eigenvalue weighted by molar-refractivity contribution is 5.89. The third-order valence-corrected chi connectivity index (χ3v) is 5.81. The Morgan fingerprint density at radius 2 is 1.72 bits per heavy atom. The molecular formula is C20H27N3O2. The number of hydrogen-bond donors (Lipinski definition) is 1. The lowest BCUT2D eigenvalue weighted by Crippen LogP contribution is -2.50. The van der Waals surface area contributed by atoms with Gasteiger partial charge in [0, 0.05) is 31.6 Å². The van der Waals surface area contributed by atoms with Crippen molar-refractivity contribution < 1.29 is 9.59 Å². The maximum atomic E-state index is 13.1. The summed E-state index contributed by atoms with van der Waals surface area (Å²) in [4.78, 5) is 29.4. The third kappa shape index (κ3) is 3.56. The molecule has 0 aromatic heterocycles. The number of carbonyl (C=O) groups is 2. The number of benzene rings is 1. The molecule has 25 heavy (non-hydrogen) atoms. The van der Waals surface area contributed by atoms with Crippen LogP contribution in [0.3, 0.4) is 0 Å². The van der Waals surface area contributed by atoms with Crippen LogP contribution in [0.1, 0.15) is 44.1 Å². The molecule has 0 unspecified atom stereocenters. The Morgan fingerprint density at radius 3 is 2.28 bits per heavy atom. The van der Waals surface area contributed by atoms with Gasteiger partial charge in [0.25, 0.3) is 0 Å². The predicted octanol–water partition coefficient (Wildman–Crippen LogP) is 1.91. The highest BCUT2D eigenvalue weighted by atomic mass is 16.2. The summed E-state index contributed by atoms with van der Waals surface area (Å²) in [6, 6.07) is 10.6. The van der Waals surface area contributed by atoms with Crippen LogP contribution in [-0.4, -0.2) is 46.3 Å². The van der Waals surface area contributed by atoms with Gasteiger partial charge in [0.15, 0.2) is 0 Å². The maximum absolute atomic E-state index is 13.1. The van der Waals surface area contributed by atoms with Crippen molar-refractivity contribution in [1.82, 2.24) is 9.80 Å². The molecule has 3 aliphatic rings. The van der Waals surface area contributed by atoms with Crippen molar-refractivity contribution in [3.8, 4) is 0 Å². The van der Waals surface area contributed by atoms with Crippen molar-refractivity contribution in [3.05, 3.63) is 35.9 Å². The van der Waals surface area contributed by atoms with Crippen LogP contribution in [0, 0.1) is 5.92 Å². The molecule has 1 aromatic carbocycles. The van der Waals surface area contributed by atoms with Gasteiger partial charge in [0.1, 0.15) is 0 Å². The molecule has 5 nitrogen and oxygen atoms in total. The van der Waals surface area contributed by atoms with Crippen molar-refractivity contribution in [3.63, 3.8) is 0 Å². The molecule has 2 aliphatic carbocycles. The second kappa shape index (κ2) is 6.45. The number of piperidine rings is 1. The van der Waals surface area contributed by atoms with Crippen molar-refractivity contribution in [2.45, 2.75) is 56.7 Å². The van der Waals surface area contributed by atoms with Crippen molar-refractivity contribution in [2.24, 2.45) is 11.7 Å². The first-order chi connectivity index (χ1) is 12.1. The topological polar surface area (TPSA) is 66.6 Å². The van der Waals surface area contributed by atoms with E-state index in [-0.39, 0.29) is 17.7 Å². The summed E-state index contributed by atoms with van der Waals surface area (Å²) >= 11 is 0. The highest BCUT2D eigenvalue weighted by Crippen LogP contribution is 2.36. The fraction of sp³-hybridized carbons (Fsp3) is 0.600. The second-order valence-corrected chi connectivity index (χ2v) is 7.91. The Kier molecular flexibility index (Phi) is 4.28. The van der Waals surface area contributed by atoms with Crippen LogP contribution < -0.4 is 5.73 Å². The lowest BCUT2D eigenvalue weighted by molar-refractivity contribution is -0.142. The summed E-state index contributed by atoms with van der Waals surface area (Å²) in [5.74, 6) is 0.398. The molecule has 1 heterocycles. The van der Waals surface area contributed by atoms with Gasteiger partial charge in [-0.25, -0.2) is 0 Å². The Labute approximate surface area is 149 Å². The summed E-state index contributed by atoms with van der Waals surface area (Å²) in [5, 5.41) is 0. The number of nitrogens with zero attached hydrogens (tertiary/aromatic N) is 2. The average molecular weight is 341 g/mol. The highest BCUT2D eigenvalue weighted by Gasteiger charge is 2.49. The van der Waals surface area contributed by atoms with Crippen LogP contribution in [0.5, 0.6) is 0 Å². The van der Waals surface area contributed by atoms with Crippen molar-refractivity contribution in [2.75, 3.05) is 13.1 Å². The summed E-state index contributed by atoms with van der Waals surface area (Å²) in [7, 11) is 0. The molecule has 4 rings (SSSR count). The van der Waals surface area contributed by atoms with E-state index in [1.807, 2.05) is 23.1 Å². The van der Waals surface area contributed by atoms with Gasteiger partial charge in [-0.2, -0.15) is 0 Å². The Hall–Kier alpha value is -1.88. The van der Waals surface area contributed by atoms with E-state index in [0.717, 1.165) is 38.5 Å². The number of hydrogen-bond acceptors (Lipinski definition) is 3. The van der Waals surface area contributed by atoms with Crippen LogP contribution in [0.4, 0.5) is 0 Å². The quantitative estimate of drug-likeness (QED) is 0.889. The molecule has 2 N–H and O–H groups in total. The summed E-state index contributed by atoms with van der Waals surface area (Å²) in [6.07, 6.45) is 5.36. The SMILES string of the molecule is NC1(C(=O)N2CCC(C(=O)N(Cc3ccccc3)C3CC3)CC2)CC1. The van der Waals surface area contributed by atoms with Gasteiger partial charge >= 0.3 is 0 Å². The summed E-state index contributed by atoms with van der Waals surface area (Å²) < 4.78 is 0. The minimum Gasteiger partial charge on any atom is -0.341 e. The molecular weight excluding hydrogens is 314 g/mol. The first-order valence-corrected chi connectivity index (χ1v) is 9.49. The number of likely N-dealkylation sites (tertiary alicyclic amines) is 1. The number of carbonyl (C=O) groups excluding carboxylic acids is 2. The zero-order chi connectivity index (χ0) is 17.4. The van der Waals surface area contributed by atoms with E-state index in [4.69, 9.17) is 5.73 Å². The molecule has 0 atom stereocenters. The predicted molar refractivity (Wildman–Crippen MR) is 95.5 cm³/mol. The van der Waals surface area contributed by atoms with E-state index in [2.05, 4.69) is 17.0 Å². The van der Waals surface area contributed by atoms with Crippen molar-refractivity contribution in [1.29, 1.82) is 0 Å². The van der Waals surface area contributed by atoms with Gasteiger partial charge in [-0.05, 0) is 44.1 Å². The average Bonchev–Trinajstić information content (AvgIpc) is 3.57. The molecule has 3 fully saturated rings. The maximum Gasteiger partial charge on any atom is 0.242 e. The van der Waals surface area contributed by atoms with Gasteiger partial charge in [-0.1, -0.05) is 30.3 Å². The standard InChI is InChI=1S/C20H27N3O2/c21-20(10-11-20)19(25)22-12-8-16(9-13-22)18(24)23(17-6-7-17)14-15-4-2-1-3-5-15/h1-5,16-17H,6-14,21H2. The smallest absolute Gasteiger partial charge is 0.242 e. The zero-order valence-electron chi connectivity index (χ0n) is 14.7. The van der Waals surface area contributed by atoms with Crippen LogP contribution in [0.25, 0.3) is 0 Å². The minimum atomic E-state index is -0.593. The first kappa shape index (κ1) is 16.6. The number of amides is 2. The number of nitrogens with two attached hydrogens (primary N) is 1. The van der Waals surface area contributed by atoms with Gasteiger partial charge in [0.05, 0.1) is 5.54 Å². The fourth-order valence-electron chi connectivity index (χ4n) is 3.78. The zero-order valence-corrected chi connectivity index (χ0v) is 14.7. The largest absolute Gasteiger partial charge is 0.341 e. The van der Waals surface area contributed by atoms with Gasteiger partial charge in [-0.3, -0.25) is 9.59 Å². The van der Waals surface area contributed by atoms with Gasteiger partial charge < -0.3 is 15.5 Å². The molecule has 2 amide bonds. The normalized spacial score (nSPS) is 22.5. The molecule has 1 saturated heterocycles. The van der Waals surface area contributed by atoms with E-state index in [9.17, 15) is 9.59 Å². The van der Waals surface area contributed by atoms with Crippen LogP contribution in [0.2, 0.25) is 0 Å². The molecule has 5 heteroatoms. The second-order valence-electron chi connectivity index (χ2n) is 7.91. The van der Waals surface area contributed by atoms with E-state index in [1.165, 1.54) is 5.56 Å². The Bertz CT molecular complexity index is 644. The molecule has 1 aliphatic heterocycles. The van der Waals surface area contributed by atoms with Gasteiger partial charge in [-0.15, -0.1) is 0 Å². The molecule has 0 radical (unpaired) electrons. The van der Waals surface area contributed by atoms with E-state index in [1.54, 1.807) is 0 Å². The van der Waals surface area contributed by atoms with Crippen LogP contribution in [0.15, 0.2) is 30.3 Å². The van der Waals surface area contributed by atoms with E-state index >= 15 is 0 Å². The van der Waals surface area contributed by atoms with Crippen molar-refractivity contribution >= 4 is 11.8 Å². The minimum absolute atomic E-state index is 0.0429. The summed E-state index contributed by atoms with van der Waals surface area (Å²) in [6.45, 7) is 2.03. The van der Waals surface area contributed by atoms with Crippen LogP contribution in [-0.2, 0) is 16.1 Å². The Balaban J connectivity index is 1.36. The molecule has 134 valence electrons. The molecule has 2 saturated carbocycles. The fourth-order valence-corrected chi connectivity index (χ4v) is 3.78.